The lowest BCUT2D eigenvalue weighted by Gasteiger charge is -2.11. The molecule has 158 valence electrons. The number of para-hydroxylation sites is 1. The number of anilines is 1. The SMILES string of the molecule is Cc1cccc(C)c1OCc1nnc(SCC(=O)Nc2cccc(C(C)C)c2)n1N. The number of hydrogen-bond acceptors (Lipinski definition) is 6. The Morgan fingerprint density at radius 3 is 2.57 bits per heavy atom. The van der Waals surface area contributed by atoms with Crippen LogP contribution in [0.15, 0.2) is 47.6 Å². The summed E-state index contributed by atoms with van der Waals surface area (Å²) in [5.74, 6) is 7.85. The number of thioether (sulfide) groups is 1. The van der Waals surface area contributed by atoms with E-state index in [9.17, 15) is 4.79 Å². The lowest BCUT2D eigenvalue weighted by molar-refractivity contribution is -0.113. The van der Waals surface area contributed by atoms with Gasteiger partial charge in [-0.2, -0.15) is 0 Å². The minimum Gasteiger partial charge on any atom is -0.485 e. The number of carbonyl (C=O) groups excluding carboxylic acids is 1. The van der Waals surface area contributed by atoms with Crippen LogP contribution in [0.3, 0.4) is 0 Å². The summed E-state index contributed by atoms with van der Waals surface area (Å²) in [5, 5.41) is 11.5. The highest BCUT2D eigenvalue weighted by molar-refractivity contribution is 7.99. The monoisotopic (exact) mass is 425 g/mol. The topological polar surface area (TPSA) is 95.1 Å². The van der Waals surface area contributed by atoms with Crippen LogP contribution in [0.4, 0.5) is 5.69 Å². The first-order valence-electron chi connectivity index (χ1n) is 9.76. The van der Waals surface area contributed by atoms with Crippen molar-refractivity contribution in [2.45, 2.75) is 45.4 Å². The van der Waals surface area contributed by atoms with Gasteiger partial charge in [-0.05, 0) is 48.6 Å². The molecule has 8 heteroatoms. The lowest BCUT2D eigenvalue weighted by Crippen LogP contribution is -2.18. The molecule has 7 nitrogen and oxygen atoms in total. The van der Waals surface area contributed by atoms with Crippen LogP contribution < -0.4 is 15.9 Å². The summed E-state index contributed by atoms with van der Waals surface area (Å²) in [7, 11) is 0. The van der Waals surface area contributed by atoms with Gasteiger partial charge in [-0.1, -0.05) is 55.9 Å². The van der Waals surface area contributed by atoms with E-state index >= 15 is 0 Å². The number of carbonyl (C=O) groups is 1. The summed E-state index contributed by atoms with van der Waals surface area (Å²) in [6, 6.07) is 13.8. The molecule has 1 amide bonds. The van der Waals surface area contributed by atoms with E-state index in [-0.39, 0.29) is 18.3 Å². The Hall–Kier alpha value is -3.00. The summed E-state index contributed by atoms with van der Waals surface area (Å²) in [4.78, 5) is 12.3. The van der Waals surface area contributed by atoms with Crippen molar-refractivity contribution < 1.29 is 9.53 Å². The third-order valence-electron chi connectivity index (χ3n) is 4.66. The Bertz CT molecular complexity index is 1010. The number of nitrogens with zero attached hydrogens (tertiary/aromatic N) is 3. The second-order valence-electron chi connectivity index (χ2n) is 7.40. The van der Waals surface area contributed by atoms with Gasteiger partial charge in [-0.15, -0.1) is 10.2 Å². The highest BCUT2D eigenvalue weighted by atomic mass is 32.2. The van der Waals surface area contributed by atoms with Crippen LogP contribution in [0, 0.1) is 13.8 Å². The summed E-state index contributed by atoms with van der Waals surface area (Å²) in [6.07, 6.45) is 0. The fourth-order valence-electron chi connectivity index (χ4n) is 2.97. The Balaban J connectivity index is 1.56. The van der Waals surface area contributed by atoms with Crippen molar-refractivity contribution in [3.63, 3.8) is 0 Å². The minimum atomic E-state index is -0.128. The molecule has 0 fully saturated rings. The van der Waals surface area contributed by atoms with Crippen LogP contribution in [-0.4, -0.2) is 26.5 Å². The summed E-state index contributed by atoms with van der Waals surface area (Å²) in [5.41, 5.74) is 4.05. The van der Waals surface area contributed by atoms with Crippen molar-refractivity contribution >= 4 is 23.4 Å². The molecule has 0 atom stereocenters. The first-order chi connectivity index (χ1) is 14.3. The number of nitrogens with one attached hydrogen (secondary N) is 1. The minimum absolute atomic E-state index is 0.128. The molecule has 3 rings (SSSR count). The maximum absolute atomic E-state index is 12.3. The van der Waals surface area contributed by atoms with E-state index in [1.165, 1.54) is 22.0 Å². The van der Waals surface area contributed by atoms with Gasteiger partial charge in [0.05, 0.1) is 5.75 Å². The van der Waals surface area contributed by atoms with Gasteiger partial charge in [0.2, 0.25) is 11.1 Å². The van der Waals surface area contributed by atoms with E-state index in [0.29, 0.717) is 16.9 Å². The second-order valence-corrected chi connectivity index (χ2v) is 8.34. The normalized spacial score (nSPS) is 11.0. The van der Waals surface area contributed by atoms with E-state index < -0.39 is 0 Å². The van der Waals surface area contributed by atoms with Gasteiger partial charge in [0.25, 0.3) is 0 Å². The quantitative estimate of drug-likeness (QED) is 0.418. The predicted octanol–water partition coefficient (Wildman–Crippen LogP) is 4.04. The van der Waals surface area contributed by atoms with Gasteiger partial charge >= 0.3 is 0 Å². The molecule has 0 unspecified atom stereocenters. The van der Waals surface area contributed by atoms with Crippen molar-refractivity contribution in [3.05, 3.63) is 65.0 Å². The maximum Gasteiger partial charge on any atom is 0.234 e. The van der Waals surface area contributed by atoms with Crippen molar-refractivity contribution in [2.24, 2.45) is 0 Å². The van der Waals surface area contributed by atoms with Gasteiger partial charge in [0.1, 0.15) is 12.4 Å². The zero-order chi connectivity index (χ0) is 21.7. The molecule has 0 saturated heterocycles. The molecular weight excluding hydrogens is 398 g/mol. The van der Waals surface area contributed by atoms with E-state index in [1.807, 2.05) is 56.3 Å². The van der Waals surface area contributed by atoms with Gasteiger partial charge in [-0.25, -0.2) is 4.68 Å². The van der Waals surface area contributed by atoms with Crippen molar-refractivity contribution in [2.75, 3.05) is 16.9 Å². The third-order valence-corrected chi connectivity index (χ3v) is 5.60. The highest BCUT2D eigenvalue weighted by Gasteiger charge is 2.14. The Labute approximate surface area is 181 Å². The Morgan fingerprint density at radius 1 is 1.17 bits per heavy atom. The molecule has 3 aromatic rings. The number of nitrogen functional groups attached to an aromatic ring is 1. The Morgan fingerprint density at radius 2 is 1.87 bits per heavy atom. The Kier molecular flexibility index (Phi) is 6.99. The van der Waals surface area contributed by atoms with Gasteiger partial charge in [-0.3, -0.25) is 4.79 Å². The number of aryl methyl sites for hydroxylation is 2. The first kappa shape index (κ1) is 21.7. The molecule has 0 aliphatic heterocycles. The number of rotatable bonds is 8. The zero-order valence-electron chi connectivity index (χ0n) is 17.7. The standard InChI is InChI=1S/C22H27N5O2S/c1-14(2)17-9-6-10-18(11-17)24-20(28)13-30-22-26-25-19(27(22)23)12-29-21-15(3)7-5-8-16(21)4/h5-11,14H,12-13,23H2,1-4H3,(H,24,28). The van der Waals surface area contributed by atoms with Gasteiger partial charge in [0, 0.05) is 5.69 Å². The maximum atomic E-state index is 12.3. The number of aromatic nitrogens is 3. The summed E-state index contributed by atoms with van der Waals surface area (Å²) in [6.45, 7) is 8.42. The molecular formula is C22H27N5O2S. The molecule has 30 heavy (non-hydrogen) atoms. The number of nitrogens with two attached hydrogens (primary N) is 1. The number of ether oxygens (including phenoxy) is 1. The number of hydrogen-bond donors (Lipinski definition) is 2. The molecule has 0 radical (unpaired) electrons. The van der Waals surface area contributed by atoms with Crippen LogP contribution in [0.1, 0.15) is 42.3 Å². The number of amides is 1. The van der Waals surface area contributed by atoms with Gasteiger partial charge < -0.3 is 15.9 Å². The van der Waals surface area contributed by atoms with Gasteiger partial charge in [0.15, 0.2) is 5.82 Å². The van der Waals surface area contributed by atoms with E-state index in [2.05, 4.69) is 29.4 Å². The smallest absolute Gasteiger partial charge is 0.234 e. The van der Waals surface area contributed by atoms with Crippen LogP contribution in [0.5, 0.6) is 5.75 Å². The number of benzene rings is 2. The summed E-state index contributed by atoms with van der Waals surface area (Å²) >= 11 is 1.23. The van der Waals surface area contributed by atoms with Crippen molar-refractivity contribution in [1.82, 2.24) is 14.9 Å². The van der Waals surface area contributed by atoms with Crippen LogP contribution >= 0.6 is 11.8 Å². The molecule has 0 spiro atoms. The highest BCUT2D eigenvalue weighted by Crippen LogP contribution is 2.24. The molecule has 0 bridgehead atoms. The van der Waals surface area contributed by atoms with Crippen LogP contribution in [0.25, 0.3) is 0 Å². The average molecular weight is 426 g/mol. The molecule has 0 aliphatic carbocycles. The van der Waals surface area contributed by atoms with E-state index in [0.717, 1.165) is 22.6 Å². The van der Waals surface area contributed by atoms with E-state index in [4.69, 9.17) is 10.6 Å². The molecule has 0 aliphatic rings. The molecule has 3 N–H and O–H groups in total. The van der Waals surface area contributed by atoms with E-state index in [1.54, 1.807) is 0 Å². The molecule has 1 aromatic heterocycles. The fourth-order valence-corrected chi connectivity index (χ4v) is 3.65. The first-order valence-corrected chi connectivity index (χ1v) is 10.7. The largest absolute Gasteiger partial charge is 0.485 e. The summed E-state index contributed by atoms with van der Waals surface area (Å²) < 4.78 is 7.26. The molecule has 0 saturated carbocycles. The molecule has 2 aromatic carbocycles. The zero-order valence-corrected chi connectivity index (χ0v) is 18.5. The third kappa shape index (κ3) is 5.33. The van der Waals surface area contributed by atoms with Crippen LogP contribution in [0.2, 0.25) is 0 Å². The van der Waals surface area contributed by atoms with Crippen molar-refractivity contribution in [1.29, 1.82) is 0 Å². The van der Waals surface area contributed by atoms with Crippen LogP contribution in [-0.2, 0) is 11.4 Å². The molecule has 1 heterocycles. The lowest BCUT2D eigenvalue weighted by atomic mass is 10.0. The van der Waals surface area contributed by atoms with Crippen molar-refractivity contribution in [3.8, 4) is 5.75 Å². The second kappa shape index (κ2) is 9.67. The predicted molar refractivity (Wildman–Crippen MR) is 120 cm³/mol. The fraction of sp³-hybridized carbons (Fsp3) is 0.318. The average Bonchev–Trinajstić information content (AvgIpc) is 3.06.